The van der Waals surface area contributed by atoms with E-state index in [1.165, 1.54) is 18.2 Å². The summed E-state index contributed by atoms with van der Waals surface area (Å²) in [5.41, 5.74) is 12.1. The number of nitrogens with zero attached hydrogens (tertiary/aromatic N) is 2. The van der Waals surface area contributed by atoms with E-state index in [0.717, 1.165) is 0 Å². The lowest BCUT2D eigenvalue weighted by molar-refractivity contribution is -0.384. The molecule has 0 atom stereocenters. The molecule has 0 aliphatic rings. The first-order valence-corrected chi connectivity index (χ1v) is 5.90. The first kappa shape index (κ1) is 14.3. The monoisotopic (exact) mass is 288 g/mol. The maximum absolute atomic E-state index is 11.1. The van der Waals surface area contributed by atoms with Crippen LogP contribution in [0.3, 0.4) is 0 Å². The van der Waals surface area contributed by atoms with Crippen LogP contribution in [0.1, 0.15) is 5.56 Å². The largest absolute Gasteiger partial charge is 0.393 e. The van der Waals surface area contributed by atoms with Crippen molar-refractivity contribution in [2.75, 3.05) is 11.5 Å². The number of hydrogen-bond donors (Lipinski definition) is 2. The standard InChI is InChI=1S/C13H12N4O4/c1-7-9(3-5-11(15)13(7)17(20)21)8-2-4-10(14)12(6-8)16(18)19/h2-6H,14-15H2,1H3. The van der Waals surface area contributed by atoms with Crippen LogP contribution < -0.4 is 11.5 Å². The highest BCUT2D eigenvalue weighted by Gasteiger charge is 2.20. The lowest BCUT2D eigenvalue weighted by Crippen LogP contribution is -2.00. The zero-order valence-corrected chi connectivity index (χ0v) is 11.1. The Balaban J connectivity index is 2.68. The molecule has 0 amide bonds. The van der Waals surface area contributed by atoms with E-state index in [0.29, 0.717) is 16.7 Å². The number of nitro benzene ring substituents is 2. The Morgan fingerprint density at radius 1 is 0.952 bits per heavy atom. The Kier molecular flexibility index (Phi) is 3.45. The summed E-state index contributed by atoms with van der Waals surface area (Å²) in [6, 6.07) is 7.26. The highest BCUT2D eigenvalue weighted by Crippen LogP contribution is 2.36. The summed E-state index contributed by atoms with van der Waals surface area (Å²) in [5.74, 6) is 0. The molecule has 108 valence electrons. The fourth-order valence-electron chi connectivity index (χ4n) is 2.15. The van der Waals surface area contributed by atoms with E-state index in [1.807, 2.05) is 0 Å². The Morgan fingerprint density at radius 3 is 2.14 bits per heavy atom. The van der Waals surface area contributed by atoms with Crippen molar-refractivity contribution < 1.29 is 9.85 Å². The van der Waals surface area contributed by atoms with Gasteiger partial charge in [0, 0.05) is 11.6 Å². The lowest BCUT2D eigenvalue weighted by atomic mass is 9.97. The molecule has 2 aromatic carbocycles. The third-order valence-electron chi connectivity index (χ3n) is 3.18. The third kappa shape index (κ3) is 2.46. The van der Waals surface area contributed by atoms with E-state index in [-0.39, 0.29) is 22.7 Å². The normalized spacial score (nSPS) is 10.3. The molecule has 4 N–H and O–H groups in total. The second kappa shape index (κ2) is 5.08. The molecule has 0 unspecified atom stereocenters. The Bertz CT molecular complexity index is 758. The molecule has 0 spiro atoms. The van der Waals surface area contributed by atoms with Gasteiger partial charge >= 0.3 is 0 Å². The first-order valence-electron chi connectivity index (χ1n) is 5.90. The van der Waals surface area contributed by atoms with E-state index >= 15 is 0 Å². The van der Waals surface area contributed by atoms with Crippen LogP contribution >= 0.6 is 0 Å². The molecule has 0 radical (unpaired) electrons. The Labute approximate surface area is 119 Å². The van der Waals surface area contributed by atoms with Crippen molar-refractivity contribution in [3.8, 4) is 11.1 Å². The number of hydrogen-bond acceptors (Lipinski definition) is 6. The van der Waals surface area contributed by atoms with Crippen LogP contribution in [0.4, 0.5) is 22.7 Å². The summed E-state index contributed by atoms with van der Waals surface area (Å²) in [6.07, 6.45) is 0. The minimum Gasteiger partial charge on any atom is -0.393 e. The van der Waals surface area contributed by atoms with Crippen molar-refractivity contribution in [2.45, 2.75) is 6.92 Å². The summed E-state index contributed by atoms with van der Waals surface area (Å²) in [4.78, 5) is 20.8. The van der Waals surface area contributed by atoms with Crippen LogP contribution in [0.2, 0.25) is 0 Å². The molecule has 2 aromatic rings. The van der Waals surface area contributed by atoms with Crippen molar-refractivity contribution >= 4 is 22.7 Å². The predicted octanol–water partition coefficient (Wildman–Crippen LogP) is 2.64. The maximum atomic E-state index is 11.1. The van der Waals surface area contributed by atoms with Gasteiger partial charge in [0.2, 0.25) is 0 Å². The summed E-state index contributed by atoms with van der Waals surface area (Å²) in [6.45, 7) is 1.55. The van der Waals surface area contributed by atoms with Gasteiger partial charge in [-0.15, -0.1) is 0 Å². The molecule has 0 bridgehead atoms. The molecule has 21 heavy (non-hydrogen) atoms. The van der Waals surface area contributed by atoms with Crippen LogP contribution in [-0.2, 0) is 0 Å². The third-order valence-corrected chi connectivity index (χ3v) is 3.18. The van der Waals surface area contributed by atoms with Gasteiger partial charge < -0.3 is 11.5 Å². The Morgan fingerprint density at radius 2 is 1.57 bits per heavy atom. The SMILES string of the molecule is Cc1c(-c2ccc(N)c([N+](=O)[O-])c2)ccc(N)c1[N+](=O)[O-]. The zero-order valence-electron chi connectivity index (χ0n) is 11.1. The molecule has 0 saturated heterocycles. The lowest BCUT2D eigenvalue weighted by Gasteiger charge is -2.09. The van der Waals surface area contributed by atoms with E-state index in [9.17, 15) is 20.2 Å². The quantitative estimate of drug-likeness (QED) is 0.505. The van der Waals surface area contributed by atoms with E-state index < -0.39 is 9.85 Å². The van der Waals surface area contributed by atoms with Gasteiger partial charge in [0.25, 0.3) is 11.4 Å². The first-order chi connectivity index (χ1) is 9.82. The second-order valence-electron chi connectivity index (χ2n) is 4.46. The van der Waals surface area contributed by atoms with E-state index in [1.54, 1.807) is 19.1 Å². The van der Waals surface area contributed by atoms with Gasteiger partial charge in [0.15, 0.2) is 0 Å². The van der Waals surface area contributed by atoms with Gasteiger partial charge in [0.1, 0.15) is 11.4 Å². The Hall–Kier alpha value is -3.16. The summed E-state index contributed by atoms with van der Waals surface area (Å²) in [7, 11) is 0. The van der Waals surface area contributed by atoms with Gasteiger partial charge in [0.05, 0.1) is 9.85 Å². The fourth-order valence-corrected chi connectivity index (χ4v) is 2.15. The number of nitrogen functional groups attached to an aromatic ring is 2. The van der Waals surface area contributed by atoms with E-state index in [4.69, 9.17) is 11.5 Å². The van der Waals surface area contributed by atoms with Crippen molar-refractivity contribution in [3.05, 3.63) is 56.1 Å². The van der Waals surface area contributed by atoms with Gasteiger partial charge in [-0.05, 0) is 30.2 Å². The zero-order chi connectivity index (χ0) is 15.7. The van der Waals surface area contributed by atoms with Crippen LogP contribution in [0.25, 0.3) is 11.1 Å². The van der Waals surface area contributed by atoms with Gasteiger partial charge in [-0.2, -0.15) is 0 Å². The van der Waals surface area contributed by atoms with Crippen molar-refractivity contribution in [1.29, 1.82) is 0 Å². The van der Waals surface area contributed by atoms with Crippen LogP contribution in [-0.4, -0.2) is 9.85 Å². The molecule has 0 heterocycles. The molecule has 0 aliphatic carbocycles. The minimum absolute atomic E-state index is 0.0337. The average Bonchev–Trinajstić information content (AvgIpc) is 2.39. The maximum Gasteiger partial charge on any atom is 0.295 e. The highest BCUT2D eigenvalue weighted by molar-refractivity contribution is 5.80. The molecule has 0 aromatic heterocycles. The number of benzene rings is 2. The number of rotatable bonds is 3. The van der Waals surface area contributed by atoms with Crippen molar-refractivity contribution in [3.63, 3.8) is 0 Å². The predicted molar refractivity (Wildman–Crippen MR) is 78.7 cm³/mol. The molecule has 2 rings (SSSR count). The summed E-state index contributed by atoms with van der Waals surface area (Å²) >= 11 is 0. The molecule has 0 fully saturated rings. The number of nitro groups is 2. The van der Waals surface area contributed by atoms with E-state index in [2.05, 4.69) is 0 Å². The molecule has 8 heteroatoms. The van der Waals surface area contributed by atoms with Crippen LogP contribution in [0, 0.1) is 27.2 Å². The minimum atomic E-state index is -0.597. The molecular weight excluding hydrogens is 276 g/mol. The van der Waals surface area contributed by atoms with Gasteiger partial charge in [-0.25, -0.2) is 0 Å². The van der Waals surface area contributed by atoms with Gasteiger partial charge in [-0.1, -0.05) is 12.1 Å². The fraction of sp³-hybridized carbons (Fsp3) is 0.0769. The molecular formula is C13H12N4O4. The van der Waals surface area contributed by atoms with Crippen LogP contribution in [0.5, 0.6) is 0 Å². The van der Waals surface area contributed by atoms with Crippen molar-refractivity contribution in [2.24, 2.45) is 0 Å². The number of nitrogens with two attached hydrogens (primary N) is 2. The molecule has 8 nitrogen and oxygen atoms in total. The van der Waals surface area contributed by atoms with Crippen LogP contribution in [0.15, 0.2) is 30.3 Å². The van der Waals surface area contributed by atoms with Crippen molar-refractivity contribution in [1.82, 2.24) is 0 Å². The average molecular weight is 288 g/mol. The molecule has 0 saturated carbocycles. The van der Waals surface area contributed by atoms with Gasteiger partial charge in [-0.3, -0.25) is 20.2 Å². The summed E-state index contributed by atoms with van der Waals surface area (Å²) in [5, 5.41) is 22.0. The second-order valence-corrected chi connectivity index (χ2v) is 4.46. The number of anilines is 2. The smallest absolute Gasteiger partial charge is 0.295 e. The molecule has 0 aliphatic heterocycles. The summed E-state index contributed by atoms with van der Waals surface area (Å²) < 4.78 is 0. The topological polar surface area (TPSA) is 138 Å². The highest BCUT2D eigenvalue weighted by atomic mass is 16.6.